The van der Waals surface area contributed by atoms with Crippen molar-refractivity contribution in [2.45, 2.75) is 45.6 Å². The molecule has 0 spiro atoms. The zero-order valence-electron chi connectivity index (χ0n) is 24.3. The van der Waals surface area contributed by atoms with Crippen LogP contribution in [0.1, 0.15) is 71.0 Å². The van der Waals surface area contributed by atoms with Crippen molar-refractivity contribution in [3.63, 3.8) is 0 Å². The lowest BCUT2D eigenvalue weighted by molar-refractivity contribution is -0.118. The lowest BCUT2D eigenvalue weighted by atomic mass is 9.84. The van der Waals surface area contributed by atoms with Gasteiger partial charge in [0.25, 0.3) is 5.91 Å². The number of amides is 2. The number of nitrogens with zero attached hydrogens (tertiary/aromatic N) is 2. The number of anilines is 1. The van der Waals surface area contributed by atoms with Gasteiger partial charge < -0.3 is 30.3 Å². The van der Waals surface area contributed by atoms with Crippen LogP contribution < -0.4 is 25.4 Å². The largest absolute Gasteiger partial charge is 0.493 e. The van der Waals surface area contributed by atoms with Crippen molar-refractivity contribution < 1.29 is 23.9 Å². The molecule has 40 heavy (non-hydrogen) atoms. The molecule has 0 saturated carbocycles. The first-order valence-electron chi connectivity index (χ1n) is 12.9. The number of carbonyl (C=O) groups excluding carboxylic acids is 3. The lowest BCUT2D eigenvalue weighted by Gasteiger charge is -2.25. The minimum absolute atomic E-state index is 0. The lowest BCUT2D eigenvalue weighted by Crippen LogP contribution is -2.30. The fourth-order valence-corrected chi connectivity index (χ4v) is 4.59. The molecule has 0 aliphatic carbocycles. The average Bonchev–Trinajstić information content (AvgIpc) is 3.17. The van der Waals surface area contributed by atoms with Gasteiger partial charge in [0.15, 0.2) is 17.3 Å². The fourth-order valence-electron chi connectivity index (χ4n) is 4.59. The van der Waals surface area contributed by atoms with Crippen molar-refractivity contribution in [1.82, 2.24) is 10.2 Å². The molecule has 0 atom stereocenters. The molecule has 0 radical (unpaired) electrons. The smallest absolute Gasteiger partial charge is 0.253 e. The van der Waals surface area contributed by atoms with Gasteiger partial charge in [-0.15, -0.1) is 17.0 Å². The molecule has 218 valence electrons. The van der Waals surface area contributed by atoms with Crippen LogP contribution in [0.2, 0.25) is 0 Å². The van der Waals surface area contributed by atoms with Gasteiger partial charge in [0.1, 0.15) is 5.84 Å². The van der Waals surface area contributed by atoms with E-state index in [9.17, 15) is 14.4 Å². The Kier molecular flexibility index (Phi) is 10.7. The first-order valence-corrected chi connectivity index (χ1v) is 12.9. The van der Waals surface area contributed by atoms with Crippen molar-refractivity contribution in [3.05, 3.63) is 52.1 Å². The summed E-state index contributed by atoms with van der Waals surface area (Å²) in [4.78, 5) is 40.7. The summed E-state index contributed by atoms with van der Waals surface area (Å²) in [6.07, 6.45) is 0.638. The number of rotatable bonds is 11. The number of amidine groups is 1. The number of Topliss-reactive ketones (excluding diaryl/α,β-unsaturated/α-hetero) is 1. The van der Waals surface area contributed by atoms with Crippen LogP contribution in [0.15, 0.2) is 24.3 Å². The van der Waals surface area contributed by atoms with Crippen LogP contribution in [-0.2, 0) is 16.8 Å². The second-order valence-electron chi connectivity index (χ2n) is 10.9. The summed E-state index contributed by atoms with van der Waals surface area (Å²) in [5, 5.41) is 11.4. The Morgan fingerprint density at radius 2 is 1.82 bits per heavy atom. The Morgan fingerprint density at radius 1 is 1.15 bits per heavy atom. The van der Waals surface area contributed by atoms with E-state index in [1.165, 1.54) is 0 Å². The molecule has 0 fully saturated rings. The van der Waals surface area contributed by atoms with Crippen LogP contribution in [0.3, 0.4) is 0 Å². The molecule has 1 aliphatic rings. The van der Waals surface area contributed by atoms with E-state index in [0.717, 1.165) is 16.8 Å². The monoisotopic (exact) mass is 617 g/mol. The van der Waals surface area contributed by atoms with Gasteiger partial charge in [-0.05, 0) is 41.7 Å². The highest BCUT2D eigenvalue weighted by molar-refractivity contribution is 8.93. The van der Waals surface area contributed by atoms with E-state index in [1.54, 1.807) is 31.2 Å². The van der Waals surface area contributed by atoms with Crippen molar-refractivity contribution in [2.75, 3.05) is 46.3 Å². The van der Waals surface area contributed by atoms with Crippen LogP contribution in [-0.4, -0.2) is 69.7 Å². The van der Waals surface area contributed by atoms with Crippen molar-refractivity contribution >= 4 is 46.1 Å². The van der Waals surface area contributed by atoms with Crippen LogP contribution in [0.5, 0.6) is 11.5 Å². The second-order valence-corrected chi connectivity index (χ2v) is 10.9. The van der Waals surface area contributed by atoms with Gasteiger partial charge in [-0.3, -0.25) is 19.8 Å². The Bertz CT molecular complexity index is 1300. The maximum Gasteiger partial charge on any atom is 0.253 e. The van der Waals surface area contributed by atoms with Gasteiger partial charge in [0.2, 0.25) is 5.91 Å². The predicted octanol–water partition coefficient (Wildman–Crippen LogP) is 3.66. The van der Waals surface area contributed by atoms with E-state index in [2.05, 4.69) is 5.32 Å². The minimum Gasteiger partial charge on any atom is -0.493 e. The Balaban J connectivity index is 0.00000560. The van der Waals surface area contributed by atoms with Crippen molar-refractivity contribution in [3.8, 4) is 11.5 Å². The van der Waals surface area contributed by atoms with Crippen LogP contribution in [0, 0.1) is 5.41 Å². The van der Waals surface area contributed by atoms with Crippen LogP contribution in [0.25, 0.3) is 0 Å². The summed E-state index contributed by atoms with van der Waals surface area (Å²) in [5.41, 5.74) is 8.88. The van der Waals surface area contributed by atoms with Gasteiger partial charge >= 0.3 is 0 Å². The highest BCUT2D eigenvalue weighted by Gasteiger charge is 2.30. The maximum absolute atomic E-state index is 13.6. The third-order valence-corrected chi connectivity index (χ3v) is 6.66. The van der Waals surface area contributed by atoms with E-state index in [1.807, 2.05) is 51.9 Å². The number of hydrogen-bond donors (Lipinski definition) is 3. The quantitative estimate of drug-likeness (QED) is 0.258. The zero-order chi connectivity index (χ0) is 29.1. The summed E-state index contributed by atoms with van der Waals surface area (Å²) in [5.74, 6) is 0.336. The summed E-state index contributed by atoms with van der Waals surface area (Å²) in [6, 6.07) is 7.10. The van der Waals surface area contributed by atoms with Crippen molar-refractivity contribution in [2.24, 2.45) is 5.73 Å². The van der Waals surface area contributed by atoms with Gasteiger partial charge in [0, 0.05) is 56.5 Å². The molecule has 2 aromatic carbocycles. The Hall–Kier alpha value is -3.60. The summed E-state index contributed by atoms with van der Waals surface area (Å²) in [6.45, 7) is 6.68. The van der Waals surface area contributed by atoms with Crippen LogP contribution in [0.4, 0.5) is 5.69 Å². The zero-order valence-corrected chi connectivity index (χ0v) is 26.0. The molecule has 11 heteroatoms. The van der Waals surface area contributed by atoms with Gasteiger partial charge in [0.05, 0.1) is 25.8 Å². The highest BCUT2D eigenvalue weighted by atomic mass is 79.9. The summed E-state index contributed by atoms with van der Waals surface area (Å²) < 4.78 is 11.6. The topological polar surface area (TPSA) is 138 Å². The summed E-state index contributed by atoms with van der Waals surface area (Å²) >= 11 is 0. The first-order chi connectivity index (χ1) is 18.3. The SMILES string of the molecule is Br.CNC(=O)c1cc2c(cc1N(C)C)CN(CC(=O)c1cc(OCCCC(N)=O)c(OC)c(C(C)(C)C)c1)C2=N. The third-order valence-electron chi connectivity index (χ3n) is 6.66. The van der Waals surface area contributed by atoms with E-state index < -0.39 is 5.91 Å². The van der Waals surface area contributed by atoms with E-state index in [-0.39, 0.29) is 59.5 Å². The second kappa shape index (κ2) is 13.2. The van der Waals surface area contributed by atoms with E-state index in [4.69, 9.17) is 20.6 Å². The number of benzene rings is 2. The summed E-state index contributed by atoms with van der Waals surface area (Å²) in [7, 11) is 6.85. The third kappa shape index (κ3) is 7.12. The molecule has 0 unspecified atom stereocenters. The molecular formula is C29H40BrN5O5. The molecule has 1 heterocycles. The predicted molar refractivity (Wildman–Crippen MR) is 162 cm³/mol. The van der Waals surface area contributed by atoms with E-state index >= 15 is 0 Å². The first kappa shape index (κ1) is 32.6. The number of hydrogen-bond acceptors (Lipinski definition) is 7. The molecule has 3 rings (SSSR count). The molecule has 0 saturated heterocycles. The number of ether oxygens (including phenoxy) is 2. The van der Waals surface area contributed by atoms with Crippen molar-refractivity contribution in [1.29, 1.82) is 5.41 Å². The Labute approximate surface area is 246 Å². The number of halogens is 1. The molecule has 2 aromatic rings. The van der Waals surface area contributed by atoms with Gasteiger partial charge in [-0.1, -0.05) is 20.8 Å². The molecular weight excluding hydrogens is 578 g/mol. The highest BCUT2D eigenvalue weighted by Crippen LogP contribution is 2.40. The molecule has 4 N–H and O–H groups in total. The number of methoxy groups -OCH3 is 1. The fraction of sp³-hybridized carbons (Fsp3) is 0.448. The Morgan fingerprint density at radius 3 is 2.38 bits per heavy atom. The number of fused-ring (bicyclic) bond motifs is 1. The van der Waals surface area contributed by atoms with Gasteiger partial charge in [-0.2, -0.15) is 0 Å². The molecule has 2 amide bonds. The number of primary amides is 1. The molecule has 0 bridgehead atoms. The van der Waals surface area contributed by atoms with E-state index in [0.29, 0.717) is 41.2 Å². The number of nitrogens with one attached hydrogen (secondary N) is 2. The van der Waals surface area contributed by atoms with Crippen LogP contribution >= 0.6 is 17.0 Å². The number of carbonyl (C=O) groups is 3. The average molecular weight is 619 g/mol. The molecule has 10 nitrogen and oxygen atoms in total. The molecule has 0 aromatic heterocycles. The standard InChI is InChI=1S/C29H39N5O5.BrH/c1-29(2,3)21-11-17(13-24(26(21)38-7)39-10-8-9-25(30)36)23(35)16-34-15-18-12-22(33(5)6)20(28(37)32-4)14-19(18)27(34)31;/h11-14,31H,8-10,15-16H2,1-7H3,(H2,30,36)(H,32,37);1H. The normalized spacial score (nSPS) is 12.4. The number of ketones is 1. The minimum atomic E-state index is -0.404. The number of nitrogens with two attached hydrogens (primary N) is 1. The molecule has 1 aliphatic heterocycles. The maximum atomic E-state index is 13.6. The van der Waals surface area contributed by atoms with Gasteiger partial charge in [-0.25, -0.2) is 0 Å².